The van der Waals surface area contributed by atoms with E-state index in [4.69, 9.17) is 0 Å². The number of hydrogen-bond acceptors (Lipinski definition) is 3. The van der Waals surface area contributed by atoms with Crippen molar-refractivity contribution in [3.63, 3.8) is 0 Å². The Morgan fingerprint density at radius 3 is 2.67 bits per heavy atom. The van der Waals surface area contributed by atoms with Gasteiger partial charge in [-0.2, -0.15) is 5.10 Å². The van der Waals surface area contributed by atoms with Crippen molar-refractivity contribution in [3.05, 3.63) is 55.2 Å². The second kappa shape index (κ2) is 5.62. The summed E-state index contributed by atoms with van der Waals surface area (Å²) in [4.78, 5) is 10.5. The van der Waals surface area contributed by atoms with Crippen LogP contribution in [0.3, 0.4) is 0 Å². The highest BCUT2D eigenvalue weighted by molar-refractivity contribution is 9.11. The Kier molecular flexibility index (Phi) is 4.13. The average molecular weight is 375 g/mol. The van der Waals surface area contributed by atoms with E-state index in [-0.39, 0.29) is 10.6 Å². The Bertz CT molecular complexity index is 583. The lowest BCUT2D eigenvalue weighted by Gasteiger charge is -2.04. The van der Waals surface area contributed by atoms with Crippen LogP contribution in [-0.2, 0) is 13.0 Å². The molecule has 94 valence electrons. The van der Waals surface area contributed by atoms with E-state index in [1.807, 2.05) is 6.07 Å². The molecule has 0 saturated carbocycles. The number of nitro groups is 1. The highest BCUT2D eigenvalue weighted by Gasteiger charge is 2.12. The Morgan fingerprint density at radius 2 is 2.06 bits per heavy atom. The zero-order valence-electron chi connectivity index (χ0n) is 9.22. The van der Waals surface area contributed by atoms with Crippen molar-refractivity contribution in [2.75, 3.05) is 0 Å². The SMILES string of the molecule is O=[N+]([O-])c1ccccc1CCn1nc(Br)cc1Br. The predicted molar refractivity (Wildman–Crippen MR) is 74.4 cm³/mol. The second-order valence-corrected chi connectivity index (χ2v) is 5.27. The number of nitrogens with zero attached hydrogens (tertiary/aromatic N) is 3. The normalized spacial score (nSPS) is 10.6. The van der Waals surface area contributed by atoms with E-state index in [1.54, 1.807) is 22.9 Å². The van der Waals surface area contributed by atoms with E-state index in [0.29, 0.717) is 18.5 Å². The summed E-state index contributed by atoms with van der Waals surface area (Å²) in [5, 5.41) is 15.1. The van der Waals surface area contributed by atoms with Crippen LogP contribution in [0.15, 0.2) is 39.5 Å². The van der Waals surface area contributed by atoms with Gasteiger partial charge in [0.2, 0.25) is 0 Å². The largest absolute Gasteiger partial charge is 0.272 e. The molecule has 2 rings (SSSR count). The van der Waals surface area contributed by atoms with Crippen molar-refractivity contribution < 1.29 is 4.92 Å². The van der Waals surface area contributed by atoms with Crippen LogP contribution < -0.4 is 0 Å². The summed E-state index contributed by atoms with van der Waals surface area (Å²) in [5.74, 6) is 0. The maximum atomic E-state index is 10.9. The summed E-state index contributed by atoms with van der Waals surface area (Å²) >= 11 is 6.65. The van der Waals surface area contributed by atoms with Crippen molar-refractivity contribution in [2.24, 2.45) is 0 Å². The van der Waals surface area contributed by atoms with Gasteiger partial charge in [-0.1, -0.05) is 18.2 Å². The smallest absolute Gasteiger partial charge is 0.258 e. The Labute approximate surface area is 120 Å². The van der Waals surface area contributed by atoms with E-state index in [1.165, 1.54) is 6.07 Å². The van der Waals surface area contributed by atoms with Gasteiger partial charge in [-0.05, 0) is 38.3 Å². The minimum absolute atomic E-state index is 0.153. The third-order valence-corrected chi connectivity index (χ3v) is 3.51. The van der Waals surface area contributed by atoms with E-state index in [0.717, 1.165) is 9.21 Å². The fraction of sp³-hybridized carbons (Fsp3) is 0.182. The lowest BCUT2D eigenvalue weighted by atomic mass is 10.1. The highest BCUT2D eigenvalue weighted by Crippen LogP contribution is 2.21. The van der Waals surface area contributed by atoms with E-state index < -0.39 is 0 Å². The molecule has 0 aliphatic rings. The standard InChI is InChI=1S/C11H9Br2N3O2/c12-10-7-11(13)15(14-10)6-5-8-3-1-2-4-9(8)16(17)18/h1-4,7H,5-6H2. The van der Waals surface area contributed by atoms with Crippen LogP contribution in [0.2, 0.25) is 0 Å². The summed E-state index contributed by atoms with van der Waals surface area (Å²) < 4.78 is 3.32. The topological polar surface area (TPSA) is 61.0 Å². The lowest BCUT2D eigenvalue weighted by Crippen LogP contribution is -2.05. The first-order valence-corrected chi connectivity index (χ1v) is 6.77. The van der Waals surface area contributed by atoms with Crippen LogP contribution in [-0.4, -0.2) is 14.7 Å². The molecule has 5 nitrogen and oxygen atoms in total. The number of aryl methyl sites for hydroxylation is 2. The van der Waals surface area contributed by atoms with Crippen molar-refractivity contribution in [1.82, 2.24) is 9.78 Å². The summed E-state index contributed by atoms with van der Waals surface area (Å²) in [6, 6.07) is 8.59. The van der Waals surface area contributed by atoms with Gasteiger partial charge in [0, 0.05) is 24.2 Å². The van der Waals surface area contributed by atoms with Gasteiger partial charge in [0.15, 0.2) is 0 Å². The number of para-hydroxylation sites is 1. The number of hydrogen-bond donors (Lipinski definition) is 0. The molecule has 0 atom stereocenters. The zero-order valence-corrected chi connectivity index (χ0v) is 12.4. The predicted octanol–water partition coefficient (Wildman–Crippen LogP) is 3.56. The molecule has 2 aromatic rings. The van der Waals surface area contributed by atoms with Crippen LogP contribution in [0, 0.1) is 10.1 Å². The first kappa shape index (κ1) is 13.2. The van der Waals surface area contributed by atoms with Gasteiger partial charge in [-0.3, -0.25) is 14.8 Å². The quantitative estimate of drug-likeness (QED) is 0.607. The molecule has 0 bridgehead atoms. The molecule has 1 aromatic carbocycles. The molecule has 1 aromatic heterocycles. The summed E-state index contributed by atoms with van der Waals surface area (Å²) in [6.45, 7) is 0.580. The first-order chi connectivity index (χ1) is 8.58. The molecule has 0 spiro atoms. The number of nitro benzene ring substituents is 1. The maximum Gasteiger partial charge on any atom is 0.272 e. The molecule has 0 radical (unpaired) electrons. The van der Waals surface area contributed by atoms with Crippen molar-refractivity contribution in [1.29, 1.82) is 0 Å². The molecule has 0 amide bonds. The van der Waals surface area contributed by atoms with Crippen molar-refractivity contribution in [3.8, 4) is 0 Å². The molecule has 0 N–H and O–H groups in total. The van der Waals surface area contributed by atoms with Crippen LogP contribution in [0.1, 0.15) is 5.56 Å². The number of rotatable bonds is 4. The summed E-state index contributed by atoms with van der Waals surface area (Å²) in [7, 11) is 0. The second-order valence-electron chi connectivity index (χ2n) is 3.65. The minimum atomic E-state index is -0.358. The molecule has 0 aliphatic carbocycles. The first-order valence-electron chi connectivity index (χ1n) is 5.19. The zero-order chi connectivity index (χ0) is 13.1. The van der Waals surface area contributed by atoms with Gasteiger partial charge in [-0.15, -0.1) is 0 Å². The van der Waals surface area contributed by atoms with E-state index >= 15 is 0 Å². The van der Waals surface area contributed by atoms with Gasteiger partial charge < -0.3 is 0 Å². The maximum absolute atomic E-state index is 10.9. The number of aromatic nitrogens is 2. The molecule has 0 aliphatic heterocycles. The molecular formula is C11H9Br2N3O2. The average Bonchev–Trinajstić information content (AvgIpc) is 2.65. The van der Waals surface area contributed by atoms with Gasteiger partial charge in [0.25, 0.3) is 5.69 Å². The summed E-state index contributed by atoms with van der Waals surface area (Å²) in [5.41, 5.74) is 0.862. The van der Waals surface area contributed by atoms with E-state index in [9.17, 15) is 10.1 Å². The molecule has 0 unspecified atom stereocenters. The van der Waals surface area contributed by atoms with Gasteiger partial charge in [0.05, 0.1) is 4.92 Å². The molecule has 1 heterocycles. The number of benzene rings is 1. The molecule has 18 heavy (non-hydrogen) atoms. The fourth-order valence-electron chi connectivity index (χ4n) is 1.65. The Hall–Kier alpha value is -1.21. The van der Waals surface area contributed by atoms with Crippen LogP contribution >= 0.6 is 31.9 Å². The third kappa shape index (κ3) is 2.97. The highest BCUT2D eigenvalue weighted by atomic mass is 79.9. The molecule has 0 saturated heterocycles. The van der Waals surface area contributed by atoms with Crippen LogP contribution in [0.5, 0.6) is 0 Å². The summed E-state index contributed by atoms with van der Waals surface area (Å²) in [6.07, 6.45) is 0.559. The minimum Gasteiger partial charge on any atom is -0.258 e. The Balaban J connectivity index is 2.15. The third-order valence-electron chi connectivity index (χ3n) is 2.48. The van der Waals surface area contributed by atoms with Gasteiger partial charge in [-0.25, -0.2) is 0 Å². The molecule has 7 heteroatoms. The van der Waals surface area contributed by atoms with Crippen molar-refractivity contribution in [2.45, 2.75) is 13.0 Å². The Morgan fingerprint density at radius 1 is 1.33 bits per heavy atom. The molecular weight excluding hydrogens is 366 g/mol. The van der Waals surface area contributed by atoms with Crippen LogP contribution in [0.4, 0.5) is 5.69 Å². The van der Waals surface area contributed by atoms with E-state index in [2.05, 4.69) is 37.0 Å². The van der Waals surface area contributed by atoms with Crippen molar-refractivity contribution >= 4 is 37.5 Å². The molecule has 0 fully saturated rings. The lowest BCUT2D eigenvalue weighted by molar-refractivity contribution is -0.385. The number of halogens is 2. The monoisotopic (exact) mass is 373 g/mol. The van der Waals surface area contributed by atoms with Gasteiger partial charge >= 0.3 is 0 Å². The van der Waals surface area contributed by atoms with Gasteiger partial charge in [0.1, 0.15) is 9.21 Å². The van der Waals surface area contributed by atoms with Crippen LogP contribution in [0.25, 0.3) is 0 Å². The fourth-order valence-corrected chi connectivity index (χ4v) is 2.84.